The summed E-state index contributed by atoms with van der Waals surface area (Å²) in [6, 6.07) is 7.43. The van der Waals surface area contributed by atoms with Crippen molar-refractivity contribution in [3.8, 4) is 0 Å². The van der Waals surface area contributed by atoms with Crippen molar-refractivity contribution >= 4 is 17.8 Å². The van der Waals surface area contributed by atoms with E-state index in [0.29, 0.717) is 5.02 Å². The predicted molar refractivity (Wildman–Crippen MR) is 46.1 cm³/mol. The molecule has 1 aromatic rings. The maximum absolute atomic E-state index is 5.81. The zero-order valence-corrected chi connectivity index (χ0v) is 6.88. The van der Waals surface area contributed by atoms with E-state index in [1.165, 1.54) is 7.11 Å². The summed E-state index contributed by atoms with van der Waals surface area (Å²) in [7, 11) is 1.49. The Kier molecular flexibility index (Phi) is 2.93. The Morgan fingerprint density at radius 3 is 2.82 bits per heavy atom. The Labute approximate surface area is 70.4 Å². The second kappa shape index (κ2) is 3.98. The summed E-state index contributed by atoms with van der Waals surface area (Å²) in [5, 5.41) is 4.27. The summed E-state index contributed by atoms with van der Waals surface area (Å²) in [5.74, 6) is 0. The molecule has 0 unspecified atom stereocenters. The third-order valence-corrected chi connectivity index (χ3v) is 1.55. The SMILES string of the molecule is CO/N=C/c1ccccc1Cl. The third kappa shape index (κ3) is 2.24. The summed E-state index contributed by atoms with van der Waals surface area (Å²) >= 11 is 5.81. The molecule has 58 valence electrons. The molecule has 0 amide bonds. The molecule has 0 N–H and O–H groups in total. The number of hydrogen-bond acceptors (Lipinski definition) is 2. The van der Waals surface area contributed by atoms with Gasteiger partial charge >= 0.3 is 0 Å². The van der Waals surface area contributed by atoms with Crippen LogP contribution >= 0.6 is 11.6 Å². The van der Waals surface area contributed by atoms with Gasteiger partial charge in [0.25, 0.3) is 0 Å². The molecule has 0 saturated heterocycles. The lowest BCUT2D eigenvalue weighted by molar-refractivity contribution is 0.215. The maximum Gasteiger partial charge on any atom is 0.106 e. The lowest BCUT2D eigenvalue weighted by Crippen LogP contribution is -1.82. The molecular weight excluding hydrogens is 162 g/mol. The average molecular weight is 170 g/mol. The molecule has 1 aromatic carbocycles. The molecule has 1 rings (SSSR count). The van der Waals surface area contributed by atoms with Crippen molar-refractivity contribution in [3.63, 3.8) is 0 Å². The average Bonchev–Trinajstić information content (AvgIpc) is 2.03. The Bertz CT molecular complexity index is 260. The van der Waals surface area contributed by atoms with Crippen molar-refractivity contribution < 1.29 is 4.84 Å². The first-order valence-electron chi connectivity index (χ1n) is 3.15. The fraction of sp³-hybridized carbons (Fsp3) is 0.125. The smallest absolute Gasteiger partial charge is 0.106 e. The highest BCUT2D eigenvalue weighted by atomic mass is 35.5. The van der Waals surface area contributed by atoms with E-state index in [1.807, 2.05) is 18.2 Å². The highest BCUT2D eigenvalue weighted by Gasteiger charge is 1.92. The molecule has 0 atom stereocenters. The van der Waals surface area contributed by atoms with Crippen LogP contribution in [0, 0.1) is 0 Å². The predicted octanol–water partition coefficient (Wildman–Crippen LogP) is 2.32. The minimum Gasteiger partial charge on any atom is -0.399 e. The van der Waals surface area contributed by atoms with Crippen LogP contribution in [0.4, 0.5) is 0 Å². The zero-order valence-electron chi connectivity index (χ0n) is 6.12. The number of benzene rings is 1. The van der Waals surface area contributed by atoms with Gasteiger partial charge < -0.3 is 4.84 Å². The van der Waals surface area contributed by atoms with Gasteiger partial charge in [0.15, 0.2) is 0 Å². The minimum atomic E-state index is 0.674. The van der Waals surface area contributed by atoms with E-state index in [0.717, 1.165) is 5.56 Å². The van der Waals surface area contributed by atoms with Gasteiger partial charge in [0.2, 0.25) is 0 Å². The second-order valence-electron chi connectivity index (χ2n) is 1.94. The van der Waals surface area contributed by atoms with Gasteiger partial charge in [0.1, 0.15) is 7.11 Å². The molecule has 0 bridgehead atoms. The number of oxime groups is 1. The second-order valence-corrected chi connectivity index (χ2v) is 2.35. The van der Waals surface area contributed by atoms with Crippen LogP contribution in [-0.4, -0.2) is 13.3 Å². The minimum absolute atomic E-state index is 0.674. The van der Waals surface area contributed by atoms with Gasteiger partial charge in [-0.2, -0.15) is 0 Å². The Morgan fingerprint density at radius 1 is 1.45 bits per heavy atom. The van der Waals surface area contributed by atoms with Crippen molar-refractivity contribution in [2.75, 3.05) is 7.11 Å². The van der Waals surface area contributed by atoms with Gasteiger partial charge in [0, 0.05) is 10.6 Å². The Morgan fingerprint density at radius 2 is 2.18 bits per heavy atom. The van der Waals surface area contributed by atoms with Crippen LogP contribution in [-0.2, 0) is 4.84 Å². The standard InChI is InChI=1S/C8H8ClNO/c1-11-10-6-7-4-2-3-5-8(7)9/h2-6H,1H3/b10-6+. The van der Waals surface area contributed by atoms with Crippen LogP contribution in [0.3, 0.4) is 0 Å². The molecule has 0 heterocycles. The number of rotatable bonds is 2. The molecule has 11 heavy (non-hydrogen) atoms. The van der Waals surface area contributed by atoms with Gasteiger partial charge in [-0.15, -0.1) is 0 Å². The summed E-state index contributed by atoms with van der Waals surface area (Å²) in [5.41, 5.74) is 0.857. The normalized spacial score (nSPS) is 10.4. The van der Waals surface area contributed by atoms with Crippen molar-refractivity contribution in [2.24, 2.45) is 5.16 Å². The highest BCUT2D eigenvalue weighted by Crippen LogP contribution is 2.11. The van der Waals surface area contributed by atoms with Gasteiger partial charge in [-0.25, -0.2) is 0 Å². The molecular formula is C8H8ClNO. The molecule has 0 aliphatic rings. The van der Waals surface area contributed by atoms with Crippen molar-refractivity contribution in [3.05, 3.63) is 34.9 Å². The molecule has 0 aliphatic heterocycles. The number of nitrogens with zero attached hydrogens (tertiary/aromatic N) is 1. The largest absolute Gasteiger partial charge is 0.399 e. The van der Waals surface area contributed by atoms with E-state index < -0.39 is 0 Å². The van der Waals surface area contributed by atoms with Crippen molar-refractivity contribution in [1.82, 2.24) is 0 Å². The first-order chi connectivity index (χ1) is 5.34. The first kappa shape index (κ1) is 8.08. The summed E-state index contributed by atoms with van der Waals surface area (Å²) in [6.07, 6.45) is 1.57. The quantitative estimate of drug-likeness (QED) is 0.492. The van der Waals surface area contributed by atoms with Crippen LogP contribution in [0.2, 0.25) is 5.02 Å². The molecule has 3 heteroatoms. The molecule has 0 aromatic heterocycles. The van der Waals surface area contributed by atoms with E-state index in [2.05, 4.69) is 9.99 Å². The van der Waals surface area contributed by atoms with Crippen LogP contribution in [0.1, 0.15) is 5.56 Å². The zero-order chi connectivity index (χ0) is 8.10. The topological polar surface area (TPSA) is 21.6 Å². The molecule has 0 fully saturated rings. The van der Waals surface area contributed by atoms with Crippen molar-refractivity contribution in [2.45, 2.75) is 0 Å². The first-order valence-corrected chi connectivity index (χ1v) is 3.53. The van der Waals surface area contributed by atoms with Crippen LogP contribution in [0.5, 0.6) is 0 Å². The van der Waals surface area contributed by atoms with E-state index in [1.54, 1.807) is 12.3 Å². The van der Waals surface area contributed by atoms with Gasteiger partial charge in [-0.3, -0.25) is 0 Å². The Balaban J connectivity index is 2.86. The lowest BCUT2D eigenvalue weighted by atomic mass is 10.2. The molecule has 0 radical (unpaired) electrons. The fourth-order valence-electron chi connectivity index (χ4n) is 0.689. The van der Waals surface area contributed by atoms with Gasteiger partial charge in [-0.05, 0) is 6.07 Å². The van der Waals surface area contributed by atoms with E-state index in [-0.39, 0.29) is 0 Å². The Hall–Kier alpha value is -1.02. The van der Waals surface area contributed by atoms with E-state index in [9.17, 15) is 0 Å². The van der Waals surface area contributed by atoms with Gasteiger partial charge in [-0.1, -0.05) is 35.0 Å². The molecule has 0 saturated carbocycles. The van der Waals surface area contributed by atoms with Crippen LogP contribution in [0.25, 0.3) is 0 Å². The highest BCUT2D eigenvalue weighted by molar-refractivity contribution is 6.33. The molecule has 0 aliphatic carbocycles. The van der Waals surface area contributed by atoms with E-state index >= 15 is 0 Å². The van der Waals surface area contributed by atoms with E-state index in [4.69, 9.17) is 11.6 Å². The summed E-state index contributed by atoms with van der Waals surface area (Å²) in [6.45, 7) is 0. The van der Waals surface area contributed by atoms with Crippen molar-refractivity contribution in [1.29, 1.82) is 0 Å². The fourth-order valence-corrected chi connectivity index (χ4v) is 0.874. The monoisotopic (exact) mass is 169 g/mol. The number of hydrogen-bond donors (Lipinski definition) is 0. The van der Waals surface area contributed by atoms with Crippen LogP contribution in [0.15, 0.2) is 29.4 Å². The summed E-state index contributed by atoms with van der Waals surface area (Å²) < 4.78 is 0. The molecule has 2 nitrogen and oxygen atoms in total. The van der Waals surface area contributed by atoms with Gasteiger partial charge in [0.05, 0.1) is 6.21 Å². The lowest BCUT2D eigenvalue weighted by Gasteiger charge is -1.93. The number of halogens is 1. The summed E-state index contributed by atoms with van der Waals surface area (Å²) in [4.78, 5) is 4.51. The molecule has 0 spiro atoms. The van der Waals surface area contributed by atoms with Crippen LogP contribution < -0.4 is 0 Å². The third-order valence-electron chi connectivity index (χ3n) is 1.20. The maximum atomic E-state index is 5.81.